The van der Waals surface area contributed by atoms with E-state index in [-0.39, 0.29) is 10.6 Å². The molecule has 1 aromatic heterocycles. The van der Waals surface area contributed by atoms with E-state index in [0.29, 0.717) is 0 Å². The maximum Gasteiger partial charge on any atom is 0.270 e. The van der Waals surface area contributed by atoms with Crippen molar-refractivity contribution in [2.24, 2.45) is 0 Å². The number of rotatable bonds is 2. The first-order valence-electron chi connectivity index (χ1n) is 4.58. The number of aryl methyl sites for hydroxylation is 1. The fourth-order valence-corrected chi connectivity index (χ4v) is 2.57. The summed E-state index contributed by atoms with van der Waals surface area (Å²) in [6.45, 7) is 1.84. The van der Waals surface area contributed by atoms with E-state index in [0.717, 1.165) is 20.5 Å². The lowest BCUT2D eigenvalue weighted by atomic mass is 10.1. The Morgan fingerprint density at radius 1 is 1.44 bits per heavy atom. The highest BCUT2D eigenvalue weighted by molar-refractivity contribution is 14.1. The SMILES string of the molecule is Cc1cc([N+](=O)[O-])cc(I)c1-c1ccco1. The van der Waals surface area contributed by atoms with Crippen LogP contribution in [-0.2, 0) is 0 Å². The van der Waals surface area contributed by atoms with Crippen molar-refractivity contribution in [3.05, 3.63) is 49.8 Å². The predicted molar refractivity (Wildman–Crippen MR) is 68.3 cm³/mol. The molecule has 0 bridgehead atoms. The normalized spacial score (nSPS) is 10.4. The van der Waals surface area contributed by atoms with E-state index in [4.69, 9.17) is 4.42 Å². The Balaban J connectivity index is 2.61. The van der Waals surface area contributed by atoms with E-state index in [1.165, 1.54) is 0 Å². The van der Waals surface area contributed by atoms with Gasteiger partial charge >= 0.3 is 0 Å². The third kappa shape index (κ3) is 1.95. The van der Waals surface area contributed by atoms with Gasteiger partial charge in [0.25, 0.3) is 5.69 Å². The highest BCUT2D eigenvalue weighted by Gasteiger charge is 2.15. The van der Waals surface area contributed by atoms with Crippen LogP contribution in [0.5, 0.6) is 0 Å². The smallest absolute Gasteiger partial charge is 0.270 e. The van der Waals surface area contributed by atoms with Crippen molar-refractivity contribution in [1.82, 2.24) is 0 Å². The van der Waals surface area contributed by atoms with Gasteiger partial charge in [-0.15, -0.1) is 0 Å². The zero-order chi connectivity index (χ0) is 11.7. The lowest BCUT2D eigenvalue weighted by Gasteiger charge is -2.05. The lowest BCUT2D eigenvalue weighted by Crippen LogP contribution is -1.93. The number of hydrogen-bond acceptors (Lipinski definition) is 3. The van der Waals surface area contributed by atoms with E-state index in [9.17, 15) is 10.1 Å². The van der Waals surface area contributed by atoms with Crippen LogP contribution in [0, 0.1) is 20.6 Å². The molecule has 0 amide bonds. The standard InChI is InChI=1S/C11H8INO3/c1-7-5-8(13(14)15)6-9(12)11(7)10-3-2-4-16-10/h2-6H,1H3. The number of benzene rings is 1. The van der Waals surface area contributed by atoms with Gasteiger partial charge in [0.05, 0.1) is 11.2 Å². The van der Waals surface area contributed by atoms with Crippen molar-refractivity contribution < 1.29 is 9.34 Å². The molecule has 0 fully saturated rings. The van der Waals surface area contributed by atoms with Crippen molar-refractivity contribution in [1.29, 1.82) is 0 Å². The van der Waals surface area contributed by atoms with E-state index in [1.807, 2.05) is 13.0 Å². The molecule has 1 heterocycles. The molecule has 0 aliphatic heterocycles. The molecular formula is C11H8INO3. The molecule has 0 N–H and O–H groups in total. The van der Waals surface area contributed by atoms with Crippen LogP contribution in [0.2, 0.25) is 0 Å². The number of halogens is 1. The number of nitro benzene ring substituents is 1. The quantitative estimate of drug-likeness (QED) is 0.479. The summed E-state index contributed by atoms with van der Waals surface area (Å²) in [5.74, 6) is 0.733. The van der Waals surface area contributed by atoms with Gasteiger partial charge in [0, 0.05) is 21.3 Å². The van der Waals surface area contributed by atoms with Crippen LogP contribution in [0.15, 0.2) is 34.9 Å². The number of nitrogens with zero attached hydrogens (tertiary/aromatic N) is 1. The van der Waals surface area contributed by atoms with Crippen molar-refractivity contribution >= 4 is 28.3 Å². The molecule has 0 saturated carbocycles. The van der Waals surface area contributed by atoms with Crippen molar-refractivity contribution in [2.75, 3.05) is 0 Å². The molecular weight excluding hydrogens is 321 g/mol. The van der Waals surface area contributed by atoms with E-state index < -0.39 is 0 Å². The maximum atomic E-state index is 10.7. The minimum Gasteiger partial charge on any atom is -0.464 e. The second-order valence-electron chi connectivity index (χ2n) is 3.35. The van der Waals surface area contributed by atoms with Crippen LogP contribution in [-0.4, -0.2) is 4.92 Å². The maximum absolute atomic E-state index is 10.7. The average molecular weight is 329 g/mol. The number of hydrogen-bond donors (Lipinski definition) is 0. The highest BCUT2D eigenvalue weighted by atomic mass is 127. The monoisotopic (exact) mass is 329 g/mol. The summed E-state index contributed by atoms with van der Waals surface area (Å²) in [5, 5.41) is 10.7. The molecule has 4 nitrogen and oxygen atoms in total. The Labute approximate surface area is 106 Å². The summed E-state index contributed by atoms with van der Waals surface area (Å²) in [6, 6.07) is 6.74. The van der Waals surface area contributed by atoms with Crippen LogP contribution in [0.25, 0.3) is 11.3 Å². The fraction of sp³-hybridized carbons (Fsp3) is 0.0909. The van der Waals surface area contributed by atoms with Crippen molar-refractivity contribution in [3.63, 3.8) is 0 Å². The zero-order valence-electron chi connectivity index (χ0n) is 8.44. The van der Waals surface area contributed by atoms with Crippen LogP contribution in [0.1, 0.15) is 5.56 Å². The average Bonchev–Trinajstić information content (AvgIpc) is 2.69. The molecule has 0 atom stereocenters. The Kier molecular flexibility index (Phi) is 2.95. The predicted octanol–water partition coefficient (Wildman–Crippen LogP) is 3.77. The van der Waals surface area contributed by atoms with Gasteiger partial charge in [0.2, 0.25) is 0 Å². The van der Waals surface area contributed by atoms with Crippen LogP contribution < -0.4 is 0 Å². The van der Waals surface area contributed by atoms with Crippen LogP contribution in [0.3, 0.4) is 0 Å². The summed E-state index contributed by atoms with van der Waals surface area (Å²) >= 11 is 2.08. The molecule has 0 aliphatic carbocycles. The third-order valence-corrected chi connectivity index (χ3v) is 3.10. The Morgan fingerprint density at radius 3 is 2.69 bits per heavy atom. The van der Waals surface area contributed by atoms with Crippen molar-refractivity contribution in [3.8, 4) is 11.3 Å². The molecule has 1 aromatic carbocycles. The minimum absolute atomic E-state index is 0.109. The number of nitro groups is 1. The van der Waals surface area contributed by atoms with E-state index >= 15 is 0 Å². The second-order valence-corrected chi connectivity index (χ2v) is 4.52. The first-order valence-corrected chi connectivity index (χ1v) is 5.66. The van der Waals surface area contributed by atoms with E-state index in [2.05, 4.69) is 22.6 Å². The summed E-state index contributed by atoms with van der Waals surface area (Å²) in [6.07, 6.45) is 1.59. The number of furan rings is 1. The van der Waals surface area contributed by atoms with Gasteiger partial charge in [0.15, 0.2) is 0 Å². The molecule has 5 heteroatoms. The molecule has 0 radical (unpaired) electrons. The molecule has 0 unspecified atom stereocenters. The Morgan fingerprint density at radius 2 is 2.19 bits per heavy atom. The molecule has 16 heavy (non-hydrogen) atoms. The first kappa shape index (κ1) is 11.1. The van der Waals surface area contributed by atoms with Crippen LogP contribution in [0.4, 0.5) is 5.69 Å². The molecule has 0 aliphatic rings. The fourth-order valence-electron chi connectivity index (χ4n) is 1.56. The van der Waals surface area contributed by atoms with E-state index in [1.54, 1.807) is 24.5 Å². The second kappa shape index (κ2) is 4.25. The summed E-state index contributed by atoms with van der Waals surface area (Å²) < 4.78 is 6.13. The highest BCUT2D eigenvalue weighted by Crippen LogP contribution is 2.32. The molecule has 0 spiro atoms. The molecule has 0 saturated heterocycles. The largest absolute Gasteiger partial charge is 0.464 e. The molecule has 2 rings (SSSR count). The van der Waals surface area contributed by atoms with Gasteiger partial charge in [-0.1, -0.05) is 0 Å². The minimum atomic E-state index is -0.388. The summed E-state index contributed by atoms with van der Waals surface area (Å²) in [4.78, 5) is 10.3. The third-order valence-electron chi connectivity index (χ3n) is 2.25. The Bertz CT molecular complexity index is 511. The lowest BCUT2D eigenvalue weighted by molar-refractivity contribution is -0.385. The van der Waals surface area contributed by atoms with Crippen LogP contribution >= 0.6 is 22.6 Å². The molecule has 82 valence electrons. The summed E-state index contributed by atoms with van der Waals surface area (Å²) in [7, 11) is 0. The number of non-ortho nitro benzene ring substituents is 1. The van der Waals surface area contributed by atoms with Gasteiger partial charge in [-0.25, -0.2) is 0 Å². The van der Waals surface area contributed by atoms with Gasteiger partial charge in [-0.3, -0.25) is 10.1 Å². The topological polar surface area (TPSA) is 56.3 Å². The zero-order valence-corrected chi connectivity index (χ0v) is 10.6. The molecule has 2 aromatic rings. The van der Waals surface area contributed by atoms with Gasteiger partial charge in [0.1, 0.15) is 5.76 Å². The van der Waals surface area contributed by atoms with Crippen molar-refractivity contribution in [2.45, 2.75) is 6.92 Å². The Hall–Kier alpha value is -1.37. The summed E-state index contributed by atoms with van der Waals surface area (Å²) in [5.41, 5.74) is 1.86. The van der Waals surface area contributed by atoms with Gasteiger partial charge < -0.3 is 4.42 Å². The van der Waals surface area contributed by atoms with Gasteiger partial charge in [-0.2, -0.15) is 0 Å². The first-order chi connectivity index (χ1) is 7.59. The van der Waals surface area contributed by atoms with Gasteiger partial charge in [-0.05, 0) is 47.2 Å².